The smallest absolute Gasteiger partial charge is 0.285 e. The van der Waals surface area contributed by atoms with Crippen molar-refractivity contribution < 1.29 is 4.79 Å². The number of hydrogen-bond donors (Lipinski definition) is 0. The summed E-state index contributed by atoms with van der Waals surface area (Å²) in [6, 6.07) is 7.84. The average molecular weight is 451 g/mol. The predicted octanol–water partition coefficient (Wildman–Crippen LogP) is 3.30. The van der Waals surface area contributed by atoms with Crippen LogP contribution in [0.3, 0.4) is 0 Å². The van der Waals surface area contributed by atoms with Gasteiger partial charge in [0.1, 0.15) is 0 Å². The molecule has 0 bridgehead atoms. The molecule has 1 amide bonds. The minimum absolute atomic E-state index is 0.134. The maximum atomic E-state index is 12.9. The van der Waals surface area contributed by atoms with Crippen LogP contribution in [-0.2, 0) is 6.42 Å². The first kappa shape index (κ1) is 15.6. The van der Waals surface area contributed by atoms with Crippen LogP contribution in [0.4, 0.5) is 5.69 Å². The Labute approximate surface area is 155 Å². The normalized spacial score (nSPS) is 14.1. The Morgan fingerprint density at radius 2 is 2.04 bits per heavy atom. The fourth-order valence-electron chi connectivity index (χ4n) is 2.88. The molecule has 1 aromatic carbocycles. The van der Waals surface area contributed by atoms with Gasteiger partial charge in [0, 0.05) is 36.5 Å². The Hall–Kier alpha value is -1.93. The van der Waals surface area contributed by atoms with Gasteiger partial charge in [0.2, 0.25) is 0 Å². The first-order valence-corrected chi connectivity index (χ1v) is 8.96. The number of nitrogens with zero attached hydrogens (tertiary/aromatic N) is 5. The van der Waals surface area contributed by atoms with E-state index in [1.165, 1.54) is 5.56 Å². The largest absolute Gasteiger partial charge is 0.292 e. The van der Waals surface area contributed by atoms with Crippen molar-refractivity contribution in [3.05, 3.63) is 56.9 Å². The van der Waals surface area contributed by atoms with Crippen LogP contribution in [0.25, 0.3) is 5.65 Å². The third-order valence-electron chi connectivity index (χ3n) is 4.09. The molecule has 0 aliphatic carbocycles. The quantitative estimate of drug-likeness (QED) is 0.570. The molecule has 122 valence electrons. The molecule has 0 radical (unpaired) electrons. The molecule has 1 aliphatic rings. The number of carbonyl (C=O) groups is 1. The molecule has 0 atom stereocenters. The van der Waals surface area contributed by atoms with Gasteiger partial charge in [-0.05, 0) is 40.0 Å². The summed E-state index contributed by atoms with van der Waals surface area (Å²) in [7, 11) is 1.90. The minimum Gasteiger partial charge on any atom is -0.285 e. The standard InChI is InChI=1S/C16H13Br2N5O/c1-21-14-6-11(17)3-2-10(14)4-5-23(21)16(24)13-7-15-19-8-12(18)9-22(15)20-13/h2-3,6-9H,4-5H2,1H3. The molecule has 0 N–H and O–H groups in total. The molecule has 0 unspecified atom stereocenters. The van der Waals surface area contributed by atoms with Gasteiger partial charge in [-0.2, -0.15) is 5.10 Å². The Morgan fingerprint density at radius 1 is 1.21 bits per heavy atom. The maximum Gasteiger partial charge on any atom is 0.292 e. The summed E-state index contributed by atoms with van der Waals surface area (Å²) in [4.78, 5) is 17.2. The summed E-state index contributed by atoms with van der Waals surface area (Å²) < 4.78 is 3.40. The number of rotatable bonds is 1. The van der Waals surface area contributed by atoms with Crippen LogP contribution in [0.15, 0.2) is 45.6 Å². The van der Waals surface area contributed by atoms with Crippen molar-refractivity contribution in [3.8, 4) is 0 Å². The maximum absolute atomic E-state index is 12.9. The second-order valence-electron chi connectivity index (χ2n) is 5.58. The molecular weight excluding hydrogens is 438 g/mol. The Morgan fingerprint density at radius 3 is 2.88 bits per heavy atom. The van der Waals surface area contributed by atoms with E-state index in [9.17, 15) is 4.79 Å². The number of carbonyl (C=O) groups excluding carboxylic acids is 1. The number of hydrogen-bond acceptors (Lipinski definition) is 4. The summed E-state index contributed by atoms with van der Waals surface area (Å²) in [5, 5.41) is 7.96. The van der Waals surface area contributed by atoms with Crippen molar-refractivity contribution in [1.82, 2.24) is 19.6 Å². The summed E-state index contributed by atoms with van der Waals surface area (Å²) in [5.74, 6) is -0.134. The molecule has 24 heavy (non-hydrogen) atoms. The summed E-state index contributed by atoms with van der Waals surface area (Å²) in [6.45, 7) is 0.620. The van der Waals surface area contributed by atoms with Crippen molar-refractivity contribution in [2.45, 2.75) is 6.42 Å². The zero-order valence-corrected chi connectivity index (χ0v) is 16.0. The fraction of sp³-hybridized carbons (Fsp3) is 0.188. The van der Waals surface area contributed by atoms with Crippen LogP contribution in [0.1, 0.15) is 16.1 Å². The lowest BCUT2D eigenvalue weighted by molar-refractivity contribution is 0.0732. The number of hydrazine groups is 1. The van der Waals surface area contributed by atoms with E-state index >= 15 is 0 Å². The Bertz CT molecular complexity index is 955. The van der Waals surface area contributed by atoms with Crippen LogP contribution in [0.2, 0.25) is 0 Å². The summed E-state index contributed by atoms with van der Waals surface area (Å²) >= 11 is 6.85. The van der Waals surface area contributed by atoms with Gasteiger partial charge >= 0.3 is 0 Å². The highest BCUT2D eigenvalue weighted by Gasteiger charge is 2.28. The zero-order chi connectivity index (χ0) is 16.8. The number of amides is 1. The highest BCUT2D eigenvalue weighted by Crippen LogP contribution is 2.30. The fourth-order valence-corrected chi connectivity index (χ4v) is 3.53. The van der Waals surface area contributed by atoms with Gasteiger partial charge in [-0.25, -0.2) is 14.5 Å². The Balaban J connectivity index is 1.68. The van der Waals surface area contributed by atoms with E-state index in [0.29, 0.717) is 17.9 Å². The van der Waals surface area contributed by atoms with Gasteiger partial charge in [-0.15, -0.1) is 0 Å². The molecule has 0 saturated carbocycles. The third kappa shape index (κ3) is 2.59. The van der Waals surface area contributed by atoms with Crippen molar-refractivity contribution in [2.75, 3.05) is 18.6 Å². The van der Waals surface area contributed by atoms with Crippen molar-refractivity contribution in [1.29, 1.82) is 0 Å². The predicted molar refractivity (Wildman–Crippen MR) is 98.0 cm³/mol. The summed E-state index contributed by atoms with van der Waals surface area (Å²) in [5.41, 5.74) is 3.27. The van der Waals surface area contributed by atoms with Crippen molar-refractivity contribution in [3.63, 3.8) is 0 Å². The lowest BCUT2D eigenvalue weighted by Gasteiger charge is -2.38. The first-order chi connectivity index (χ1) is 11.5. The molecule has 1 aliphatic heterocycles. The van der Waals surface area contributed by atoms with E-state index in [1.54, 1.807) is 28.0 Å². The molecule has 6 nitrogen and oxygen atoms in total. The van der Waals surface area contributed by atoms with Crippen LogP contribution in [-0.4, -0.2) is 39.1 Å². The van der Waals surface area contributed by atoms with E-state index in [2.05, 4.69) is 48.0 Å². The van der Waals surface area contributed by atoms with E-state index in [0.717, 1.165) is 21.1 Å². The van der Waals surface area contributed by atoms with Crippen LogP contribution in [0, 0.1) is 0 Å². The van der Waals surface area contributed by atoms with Crippen LogP contribution < -0.4 is 5.01 Å². The van der Waals surface area contributed by atoms with E-state index in [4.69, 9.17) is 0 Å². The molecule has 0 saturated heterocycles. The highest BCUT2D eigenvalue weighted by atomic mass is 79.9. The molecule has 0 fully saturated rings. The molecule has 8 heteroatoms. The zero-order valence-electron chi connectivity index (χ0n) is 12.8. The van der Waals surface area contributed by atoms with Gasteiger partial charge in [0.05, 0.1) is 10.2 Å². The number of aromatic nitrogens is 3. The van der Waals surface area contributed by atoms with Crippen molar-refractivity contribution in [2.24, 2.45) is 0 Å². The second-order valence-corrected chi connectivity index (χ2v) is 7.41. The third-order valence-corrected chi connectivity index (χ3v) is 4.99. The minimum atomic E-state index is -0.134. The lowest BCUT2D eigenvalue weighted by Crippen LogP contribution is -2.48. The van der Waals surface area contributed by atoms with Crippen LogP contribution >= 0.6 is 31.9 Å². The molecule has 4 rings (SSSR count). The van der Waals surface area contributed by atoms with Crippen LogP contribution in [0.5, 0.6) is 0 Å². The number of halogens is 2. The molecular formula is C16H13Br2N5O. The van der Waals surface area contributed by atoms with Gasteiger partial charge in [0.25, 0.3) is 5.91 Å². The number of fused-ring (bicyclic) bond motifs is 2. The molecule has 2 aromatic heterocycles. The van der Waals surface area contributed by atoms with E-state index in [-0.39, 0.29) is 5.91 Å². The SMILES string of the molecule is CN1c2cc(Br)ccc2CCN1C(=O)c1cc2ncc(Br)cn2n1. The van der Waals surface area contributed by atoms with Gasteiger partial charge in [0.15, 0.2) is 11.3 Å². The van der Waals surface area contributed by atoms with Gasteiger partial charge in [-0.1, -0.05) is 22.0 Å². The van der Waals surface area contributed by atoms with Crippen molar-refractivity contribution >= 4 is 49.1 Å². The monoisotopic (exact) mass is 449 g/mol. The Kier molecular flexibility index (Phi) is 3.80. The highest BCUT2D eigenvalue weighted by molar-refractivity contribution is 9.10. The molecule has 3 heterocycles. The van der Waals surface area contributed by atoms with E-state index < -0.39 is 0 Å². The topological polar surface area (TPSA) is 53.7 Å². The number of benzene rings is 1. The summed E-state index contributed by atoms with van der Waals surface area (Å²) in [6.07, 6.45) is 4.29. The lowest BCUT2D eigenvalue weighted by atomic mass is 10.1. The number of anilines is 1. The second kappa shape index (κ2) is 5.86. The van der Waals surface area contributed by atoms with Gasteiger partial charge in [-0.3, -0.25) is 9.80 Å². The average Bonchev–Trinajstić information content (AvgIpc) is 2.98. The van der Waals surface area contributed by atoms with Gasteiger partial charge < -0.3 is 0 Å². The molecule has 0 spiro atoms. The first-order valence-electron chi connectivity index (χ1n) is 7.38. The molecule has 3 aromatic rings. The van der Waals surface area contributed by atoms with E-state index in [1.807, 2.05) is 24.2 Å².